The summed E-state index contributed by atoms with van der Waals surface area (Å²) in [5, 5.41) is 10.6. The molecule has 0 spiro atoms. The second kappa shape index (κ2) is 65.4. The summed E-state index contributed by atoms with van der Waals surface area (Å²) in [6, 6.07) is 0. The molecule has 0 aromatic heterocycles. The number of unbranched alkanes of at least 4 members (excludes halogenated alkanes) is 37. The lowest BCUT2D eigenvalue weighted by Gasteiger charge is -2.21. The first-order chi connectivity index (χ1) is 45.7. The Hall–Kier alpha value is -1.94. The summed E-state index contributed by atoms with van der Waals surface area (Å²) in [6.45, 7) is 14.1. The SMILES string of the molecule is CCC(C)CCCCCCCCCCCCCCCCCCCCC(=O)OC[C@H](COP(=O)(O)OCC(O)COP(=O)(O)OC[C@@H](COC(=O)CCCCCCCCCC(C)C)OC(=O)CCCCCCCCC(C)C)OC(=O)CCCCCCCCCCCCC(C)CC. The number of rotatable bonds is 73. The lowest BCUT2D eigenvalue weighted by Crippen LogP contribution is -2.30. The smallest absolute Gasteiger partial charge is 0.462 e. The predicted octanol–water partition coefficient (Wildman–Crippen LogP) is 22.0. The van der Waals surface area contributed by atoms with Crippen molar-refractivity contribution in [3.63, 3.8) is 0 Å². The number of phosphoric acid groups is 2. The second-order valence-electron chi connectivity index (χ2n) is 28.8. The van der Waals surface area contributed by atoms with E-state index < -0.39 is 97.5 Å². The fourth-order valence-electron chi connectivity index (χ4n) is 11.5. The van der Waals surface area contributed by atoms with Crippen molar-refractivity contribution in [2.24, 2.45) is 23.7 Å². The van der Waals surface area contributed by atoms with Gasteiger partial charge in [-0.3, -0.25) is 37.3 Å². The molecule has 0 aliphatic rings. The zero-order chi connectivity index (χ0) is 70.3. The quantitative estimate of drug-likeness (QED) is 0.0222. The largest absolute Gasteiger partial charge is 0.472 e. The molecular weight excluding hydrogens is 1250 g/mol. The second-order valence-corrected chi connectivity index (χ2v) is 31.7. The van der Waals surface area contributed by atoms with Crippen LogP contribution >= 0.6 is 15.6 Å². The van der Waals surface area contributed by atoms with Gasteiger partial charge in [-0.2, -0.15) is 0 Å². The number of aliphatic hydroxyl groups is 1. The van der Waals surface area contributed by atoms with E-state index in [1.807, 2.05) is 0 Å². The fraction of sp³-hybridized carbons (Fsp3) is 0.947. The maximum atomic E-state index is 13.1. The molecule has 0 radical (unpaired) electrons. The Kier molecular flexibility index (Phi) is 64.0. The Morgan fingerprint density at radius 2 is 0.505 bits per heavy atom. The minimum atomic E-state index is -4.96. The van der Waals surface area contributed by atoms with Crippen molar-refractivity contribution in [2.75, 3.05) is 39.6 Å². The normalized spacial score (nSPS) is 14.7. The molecule has 17 nitrogen and oxygen atoms in total. The summed E-state index contributed by atoms with van der Waals surface area (Å²) in [7, 11) is -9.91. The summed E-state index contributed by atoms with van der Waals surface area (Å²) in [5.41, 5.74) is 0. The third-order valence-corrected chi connectivity index (χ3v) is 20.2. The van der Waals surface area contributed by atoms with E-state index in [9.17, 15) is 43.2 Å². The van der Waals surface area contributed by atoms with Crippen LogP contribution in [0.2, 0.25) is 0 Å². The highest BCUT2D eigenvalue weighted by Crippen LogP contribution is 2.45. The van der Waals surface area contributed by atoms with Gasteiger partial charge < -0.3 is 33.8 Å². The average molecular weight is 1400 g/mol. The number of carbonyl (C=O) groups excluding carboxylic acids is 4. The van der Waals surface area contributed by atoms with Crippen LogP contribution in [0.4, 0.5) is 0 Å². The highest BCUT2D eigenvalue weighted by Gasteiger charge is 2.30. The van der Waals surface area contributed by atoms with Crippen LogP contribution in [-0.2, 0) is 65.4 Å². The van der Waals surface area contributed by atoms with Gasteiger partial charge in [0.2, 0.25) is 0 Å². The first kappa shape index (κ1) is 93.1. The monoisotopic (exact) mass is 1400 g/mol. The molecule has 564 valence electrons. The third-order valence-electron chi connectivity index (χ3n) is 18.3. The van der Waals surface area contributed by atoms with E-state index >= 15 is 0 Å². The third kappa shape index (κ3) is 67.6. The van der Waals surface area contributed by atoms with E-state index in [4.69, 9.17) is 37.0 Å². The minimum Gasteiger partial charge on any atom is -0.462 e. The van der Waals surface area contributed by atoms with Gasteiger partial charge >= 0.3 is 39.5 Å². The standard InChI is InChI=1S/C76H148O17P2/c1-9-68(7)54-46-38-29-23-19-17-15-13-11-12-14-16-18-20-25-31-40-48-56-73(78)86-62-71(92-75(80)58-50-42-32-26-22-21-24-30-39-47-55-69(8)10-2)64-90-94(82,83)88-60-70(77)61-89-95(84,85)91-65-72(93-76(81)59-51-43-35-34-37-45-53-67(5)6)63-87-74(79)57-49-41-33-27-28-36-44-52-66(3)4/h66-72,77H,9-65H2,1-8H3,(H,82,83)(H,84,85)/t68?,69?,70?,71-,72-/m1/s1. The minimum absolute atomic E-state index is 0.101. The maximum absolute atomic E-state index is 13.1. The highest BCUT2D eigenvalue weighted by molar-refractivity contribution is 7.47. The van der Waals surface area contributed by atoms with Crippen molar-refractivity contribution in [2.45, 2.75) is 401 Å². The van der Waals surface area contributed by atoms with Crippen LogP contribution in [-0.4, -0.2) is 96.7 Å². The first-order valence-corrected chi connectivity index (χ1v) is 42.3. The maximum Gasteiger partial charge on any atom is 0.472 e. The molecule has 0 saturated carbocycles. The fourth-order valence-corrected chi connectivity index (χ4v) is 13.1. The Morgan fingerprint density at radius 3 is 0.747 bits per heavy atom. The van der Waals surface area contributed by atoms with E-state index in [-0.39, 0.29) is 25.7 Å². The summed E-state index contributed by atoms with van der Waals surface area (Å²) >= 11 is 0. The molecule has 5 unspecified atom stereocenters. The van der Waals surface area contributed by atoms with Gasteiger partial charge in [-0.05, 0) is 49.4 Å². The summed E-state index contributed by atoms with van der Waals surface area (Å²) < 4.78 is 68.4. The van der Waals surface area contributed by atoms with Crippen LogP contribution < -0.4 is 0 Å². The Balaban J connectivity index is 5.15. The van der Waals surface area contributed by atoms with Gasteiger partial charge in [-0.1, -0.05) is 331 Å². The van der Waals surface area contributed by atoms with Crippen molar-refractivity contribution in [3.05, 3.63) is 0 Å². The van der Waals surface area contributed by atoms with E-state index in [0.29, 0.717) is 37.5 Å². The molecular formula is C76H148O17P2. The molecule has 0 fully saturated rings. The lowest BCUT2D eigenvalue weighted by atomic mass is 9.99. The van der Waals surface area contributed by atoms with Gasteiger partial charge in [0.15, 0.2) is 12.2 Å². The van der Waals surface area contributed by atoms with Crippen LogP contribution in [0.5, 0.6) is 0 Å². The molecule has 0 aromatic carbocycles. The number of ether oxygens (including phenoxy) is 4. The van der Waals surface area contributed by atoms with E-state index in [1.165, 1.54) is 180 Å². The van der Waals surface area contributed by atoms with Gasteiger partial charge in [0.1, 0.15) is 19.3 Å². The molecule has 95 heavy (non-hydrogen) atoms. The van der Waals surface area contributed by atoms with E-state index in [2.05, 4.69) is 55.4 Å². The van der Waals surface area contributed by atoms with Crippen LogP contribution in [0.3, 0.4) is 0 Å². The van der Waals surface area contributed by atoms with Gasteiger partial charge in [0, 0.05) is 25.7 Å². The van der Waals surface area contributed by atoms with Gasteiger partial charge in [-0.25, -0.2) is 9.13 Å². The molecule has 19 heteroatoms. The number of hydrogen-bond acceptors (Lipinski definition) is 15. The summed E-state index contributed by atoms with van der Waals surface area (Å²) in [5.74, 6) is 0.923. The zero-order valence-corrected chi connectivity index (χ0v) is 64.1. The molecule has 7 atom stereocenters. The van der Waals surface area contributed by atoms with Gasteiger partial charge in [0.05, 0.1) is 26.4 Å². The molecule has 0 aliphatic heterocycles. The molecule has 0 saturated heterocycles. The van der Waals surface area contributed by atoms with Crippen molar-refractivity contribution in [1.82, 2.24) is 0 Å². The Labute approximate surface area is 581 Å². The van der Waals surface area contributed by atoms with E-state index in [1.54, 1.807) is 0 Å². The number of aliphatic hydroxyl groups excluding tert-OH is 1. The van der Waals surface area contributed by atoms with E-state index in [0.717, 1.165) is 108 Å². The topological polar surface area (TPSA) is 237 Å². The summed E-state index contributed by atoms with van der Waals surface area (Å²) in [4.78, 5) is 72.7. The molecule has 0 rings (SSSR count). The predicted molar refractivity (Wildman–Crippen MR) is 386 cm³/mol. The average Bonchev–Trinajstić information content (AvgIpc) is 1.32. The number of carbonyl (C=O) groups is 4. The van der Waals surface area contributed by atoms with Crippen molar-refractivity contribution in [1.29, 1.82) is 0 Å². The highest BCUT2D eigenvalue weighted by atomic mass is 31.2. The number of phosphoric ester groups is 2. The number of hydrogen-bond donors (Lipinski definition) is 3. The zero-order valence-electron chi connectivity index (χ0n) is 62.3. The van der Waals surface area contributed by atoms with Crippen molar-refractivity contribution < 1.29 is 80.2 Å². The van der Waals surface area contributed by atoms with Crippen LogP contribution in [0.25, 0.3) is 0 Å². The van der Waals surface area contributed by atoms with Crippen LogP contribution in [0, 0.1) is 23.7 Å². The summed E-state index contributed by atoms with van der Waals surface area (Å²) in [6.07, 6.45) is 50.3. The molecule has 0 heterocycles. The Bertz CT molecular complexity index is 1870. The van der Waals surface area contributed by atoms with Crippen molar-refractivity contribution >= 4 is 39.5 Å². The molecule has 0 amide bonds. The van der Waals surface area contributed by atoms with Crippen molar-refractivity contribution in [3.8, 4) is 0 Å². The Morgan fingerprint density at radius 1 is 0.295 bits per heavy atom. The van der Waals surface area contributed by atoms with Crippen LogP contribution in [0.1, 0.15) is 383 Å². The molecule has 0 bridgehead atoms. The van der Waals surface area contributed by atoms with Gasteiger partial charge in [-0.15, -0.1) is 0 Å². The molecule has 0 aliphatic carbocycles. The molecule has 0 aromatic rings. The molecule has 3 N–H and O–H groups in total. The number of esters is 4. The van der Waals surface area contributed by atoms with Crippen LogP contribution in [0.15, 0.2) is 0 Å². The lowest BCUT2D eigenvalue weighted by molar-refractivity contribution is -0.161. The van der Waals surface area contributed by atoms with Gasteiger partial charge in [0.25, 0.3) is 0 Å². The first-order valence-electron chi connectivity index (χ1n) is 39.3.